The lowest BCUT2D eigenvalue weighted by molar-refractivity contribution is -0.297. The van der Waals surface area contributed by atoms with Crippen molar-refractivity contribution in [1.29, 1.82) is 0 Å². The molecular weight excluding hydrogens is 283 g/mol. The van der Waals surface area contributed by atoms with Gasteiger partial charge in [0.25, 0.3) is 0 Å². The van der Waals surface area contributed by atoms with E-state index >= 15 is 0 Å². The summed E-state index contributed by atoms with van der Waals surface area (Å²) in [4.78, 5) is 15.3. The third-order valence-corrected chi connectivity index (χ3v) is 3.38. The highest BCUT2D eigenvalue weighted by atomic mass is 19.1. The van der Waals surface area contributed by atoms with Crippen molar-refractivity contribution in [3.8, 4) is 11.3 Å². The minimum Gasteiger partial charge on any atom is -0.545 e. The molecular formula is C17H12FN2O2-. The first kappa shape index (κ1) is 14.0. The Balaban J connectivity index is 2.28. The molecule has 0 saturated carbocycles. The first-order chi connectivity index (χ1) is 10.6. The van der Waals surface area contributed by atoms with Crippen LogP contribution >= 0.6 is 0 Å². The van der Waals surface area contributed by atoms with Crippen LogP contribution in [0.3, 0.4) is 0 Å². The molecule has 2 aromatic heterocycles. The smallest absolute Gasteiger partial charge is 0.140 e. The Kier molecular flexibility index (Phi) is 3.47. The van der Waals surface area contributed by atoms with E-state index in [4.69, 9.17) is 0 Å². The number of rotatable bonds is 3. The zero-order valence-corrected chi connectivity index (χ0v) is 11.8. The summed E-state index contributed by atoms with van der Waals surface area (Å²) in [5.41, 5.74) is 3.59. The maximum atomic E-state index is 13.1. The molecule has 0 bridgehead atoms. The molecule has 0 amide bonds. The summed E-state index contributed by atoms with van der Waals surface area (Å²) < 4.78 is 14.9. The van der Waals surface area contributed by atoms with Gasteiger partial charge in [-0.15, -0.1) is 0 Å². The van der Waals surface area contributed by atoms with Crippen molar-refractivity contribution in [2.75, 3.05) is 0 Å². The Bertz CT molecular complexity index is 880. The number of halogens is 1. The maximum absolute atomic E-state index is 13.1. The number of aromatic nitrogens is 2. The van der Waals surface area contributed by atoms with Crippen molar-refractivity contribution in [2.45, 2.75) is 6.92 Å². The number of nitrogens with zero attached hydrogens (tertiary/aromatic N) is 2. The molecule has 0 radical (unpaired) electrons. The molecule has 3 rings (SSSR count). The van der Waals surface area contributed by atoms with Crippen LogP contribution < -0.4 is 5.11 Å². The van der Waals surface area contributed by atoms with Gasteiger partial charge in [0.1, 0.15) is 11.5 Å². The maximum Gasteiger partial charge on any atom is 0.140 e. The number of carbonyl (C=O) groups is 1. The largest absolute Gasteiger partial charge is 0.545 e. The summed E-state index contributed by atoms with van der Waals surface area (Å²) in [6.07, 6.45) is 4.20. The fraction of sp³-hybridized carbons (Fsp3) is 0.0588. The highest BCUT2D eigenvalue weighted by molar-refractivity contribution is 5.86. The van der Waals surface area contributed by atoms with Crippen molar-refractivity contribution in [3.63, 3.8) is 0 Å². The number of carboxylic acid groups (broad SMARTS) is 1. The van der Waals surface area contributed by atoms with E-state index in [9.17, 15) is 14.3 Å². The summed E-state index contributed by atoms with van der Waals surface area (Å²) in [5, 5.41) is 10.7. The third kappa shape index (κ3) is 2.48. The molecule has 0 aliphatic heterocycles. The van der Waals surface area contributed by atoms with Gasteiger partial charge in [0.15, 0.2) is 0 Å². The first-order valence-corrected chi connectivity index (χ1v) is 6.69. The summed E-state index contributed by atoms with van der Waals surface area (Å²) in [6, 6.07) is 9.69. The lowest BCUT2D eigenvalue weighted by Crippen LogP contribution is -2.18. The number of hydrogen-bond acceptors (Lipinski definition) is 3. The molecule has 22 heavy (non-hydrogen) atoms. The molecule has 5 heteroatoms. The second kappa shape index (κ2) is 5.44. The zero-order valence-electron chi connectivity index (χ0n) is 11.8. The molecule has 2 heterocycles. The topological polar surface area (TPSA) is 57.4 Å². The molecule has 0 spiro atoms. The molecule has 0 saturated heterocycles. The molecule has 3 aromatic rings. The Morgan fingerprint density at radius 1 is 1.27 bits per heavy atom. The summed E-state index contributed by atoms with van der Waals surface area (Å²) in [6.45, 7) is 1.92. The van der Waals surface area contributed by atoms with E-state index in [0.717, 1.165) is 17.3 Å². The van der Waals surface area contributed by atoms with Gasteiger partial charge in [0.2, 0.25) is 0 Å². The lowest BCUT2D eigenvalue weighted by atomic mass is 10.1. The molecule has 0 N–H and O–H groups in total. The Labute approximate surface area is 126 Å². The SMILES string of the molecule is Cc1cccn2c(/C=C/C(=O)[O-])c(-c3ccc(F)cc3)nc12. The second-order valence-electron chi connectivity index (χ2n) is 4.89. The molecule has 0 aliphatic carbocycles. The van der Waals surface area contributed by atoms with Gasteiger partial charge in [0.05, 0.1) is 17.4 Å². The van der Waals surface area contributed by atoms with Gasteiger partial charge in [0, 0.05) is 11.8 Å². The highest BCUT2D eigenvalue weighted by Gasteiger charge is 2.13. The number of pyridine rings is 1. The van der Waals surface area contributed by atoms with Gasteiger partial charge in [-0.25, -0.2) is 9.37 Å². The van der Waals surface area contributed by atoms with E-state index in [-0.39, 0.29) is 5.82 Å². The number of carbonyl (C=O) groups excluding carboxylic acids is 1. The van der Waals surface area contributed by atoms with E-state index in [1.54, 1.807) is 22.7 Å². The normalized spacial score (nSPS) is 11.4. The predicted molar refractivity (Wildman–Crippen MR) is 79.4 cm³/mol. The van der Waals surface area contributed by atoms with E-state index in [0.29, 0.717) is 17.0 Å². The summed E-state index contributed by atoms with van der Waals surface area (Å²) in [7, 11) is 0. The quantitative estimate of drug-likeness (QED) is 0.696. The predicted octanol–water partition coefficient (Wildman–Crippen LogP) is 2.21. The van der Waals surface area contributed by atoms with Crippen molar-refractivity contribution in [3.05, 3.63) is 65.7 Å². The minimum atomic E-state index is -1.28. The number of fused-ring (bicyclic) bond motifs is 1. The van der Waals surface area contributed by atoms with E-state index in [1.165, 1.54) is 18.2 Å². The second-order valence-corrected chi connectivity index (χ2v) is 4.89. The summed E-state index contributed by atoms with van der Waals surface area (Å²) in [5.74, 6) is -1.62. The average molecular weight is 295 g/mol. The first-order valence-electron chi connectivity index (χ1n) is 6.69. The van der Waals surface area contributed by atoms with Crippen LogP contribution in [0.15, 0.2) is 48.7 Å². The van der Waals surface area contributed by atoms with Gasteiger partial charge in [-0.3, -0.25) is 4.40 Å². The molecule has 4 nitrogen and oxygen atoms in total. The third-order valence-electron chi connectivity index (χ3n) is 3.38. The van der Waals surface area contributed by atoms with Crippen molar-refractivity contribution >= 4 is 17.7 Å². The van der Waals surface area contributed by atoms with Gasteiger partial charge in [-0.2, -0.15) is 0 Å². The van der Waals surface area contributed by atoms with Gasteiger partial charge in [-0.1, -0.05) is 6.07 Å². The Morgan fingerprint density at radius 3 is 2.68 bits per heavy atom. The molecule has 0 fully saturated rings. The Hall–Kier alpha value is -2.95. The van der Waals surface area contributed by atoms with Gasteiger partial charge >= 0.3 is 0 Å². The number of carboxylic acids is 1. The van der Waals surface area contributed by atoms with E-state index in [2.05, 4.69) is 4.98 Å². The van der Waals surface area contributed by atoms with Crippen molar-refractivity contribution < 1.29 is 14.3 Å². The highest BCUT2D eigenvalue weighted by Crippen LogP contribution is 2.27. The summed E-state index contributed by atoms with van der Waals surface area (Å²) >= 11 is 0. The number of aliphatic carboxylic acids is 1. The van der Waals surface area contributed by atoms with Crippen molar-refractivity contribution in [1.82, 2.24) is 9.38 Å². The number of benzene rings is 1. The minimum absolute atomic E-state index is 0.337. The van der Waals surface area contributed by atoms with Crippen LogP contribution in [0.25, 0.3) is 23.0 Å². The van der Waals surface area contributed by atoms with Crippen LogP contribution in [0.2, 0.25) is 0 Å². The number of hydrogen-bond donors (Lipinski definition) is 0. The Morgan fingerprint density at radius 2 is 2.00 bits per heavy atom. The average Bonchev–Trinajstić information content (AvgIpc) is 2.86. The van der Waals surface area contributed by atoms with Crippen LogP contribution in [0.1, 0.15) is 11.3 Å². The zero-order chi connectivity index (χ0) is 15.7. The molecule has 0 aliphatic rings. The van der Waals surface area contributed by atoms with Crippen LogP contribution in [0.4, 0.5) is 4.39 Å². The van der Waals surface area contributed by atoms with Gasteiger partial charge in [-0.05, 0) is 55.0 Å². The molecule has 0 atom stereocenters. The van der Waals surface area contributed by atoms with Gasteiger partial charge < -0.3 is 9.90 Å². The number of imidazole rings is 1. The van der Waals surface area contributed by atoms with E-state index < -0.39 is 5.97 Å². The molecule has 1 aromatic carbocycles. The number of aryl methyl sites for hydroxylation is 1. The fourth-order valence-electron chi connectivity index (χ4n) is 2.35. The molecule has 0 unspecified atom stereocenters. The van der Waals surface area contributed by atoms with E-state index in [1.807, 2.05) is 19.1 Å². The van der Waals surface area contributed by atoms with Crippen LogP contribution in [-0.2, 0) is 4.79 Å². The monoisotopic (exact) mass is 295 g/mol. The standard InChI is InChI=1S/C17H13FN2O2/c1-11-3-2-10-20-14(8-9-15(21)22)16(19-17(11)20)12-4-6-13(18)7-5-12/h2-10H,1H3,(H,21,22)/p-1/b9-8+. The fourth-order valence-corrected chi connectivity index (χ4v) is 2.35. The van der Waals surface area contributed by atoms with Crippen LogP contribution in [0, 0.1) is 12.7 Å². The molecule has 110 valence electrons. The van der Waals surface area contributed by atoms with Crippen LogP contribution in [-0.4, -0.2) is 15.4 Å². The lowest BCUT2D eigenvalue weighted by Gasteiger charge is -2.02. The van der Waals surface area contributed by atoms with Crippen LogP contribution in [0.5, 0.6) is 0 Å². The van der Waals surface area contributed by atoms with Crippen molar-refractivity contribution in [2.24, 2.45) is 0 Å².